The minimum absolute atomic E-state index is 0.538. The molecule has 0 spiro atoms. The molecule has 1 aromatic rings. The van der Waals surface area contributed by atoms with Crippen molar-refractivity contribution in [2.75, 3.05) is 6.61 Å². The van der Waals surface area contributed by atoms with Crippen LogP contribution in [0.2, 0.25) is 0 Å². The molecule has 0 bridgehead atoms. The minimum atomic E-state index is 0.538. The minimum Gasteiger partial charge on any atom is -0.470 e. The molecule has 4 heteroatoms. The maximum Gasteiger partial charge on any atom is 0.241 e. The highest BCUT2D eigenvalue weighted by Crippen LogP contribution is 2.29. The molecular weight excluding hydrogens is 220 g/mol. The van der Waals surface area contributed by atoms with E-state index in [4.69, 9.17) is 4.74 Å². The molecule has 2 rings (SSSR count). The molecule has 0 aromatic carbocycles. The van der Waals surface area contributed by atoms with Gasteiger partial charge in [0.05, 0.1) is 5.71 Å². The van der Waals surface area contributed by atoms with Crippen molar-refractivity contribution >= 4 is 27.3 Å². The number of pyridine rings is 1. The third-order valence-electron chi connectivity index (χ3n) is 1.54. The van der Waals surface area contributed by atoms with Gasteiger partial charge in [0.1, 0.15) is 16.9 Å². The van der Waals surface area contributed by atoms with Crippen LogP contribution in [0.3, 0.4) is 0 Å². The number of nitrogens with zero attached hydrogens (tertiary/aromatic N) is 2. The van der Waals surface area contributed by atoms with E-state index >= 15 is 0 Å². The van der Waals surface area contributed by atoms with Crippen molar-refractivity contribution < 1.29 is 4.74 Å². The first-order chi connectivity index (χ1) is 5.75. The van der Waals surface area contributed by atoms with Crippen LogP contribution >= 0.6 is 15.9 Å². The molecule has 0 amide bonds. The molecule has 1 aliphatic rings. The van der Waals surface area contributed by atoms with Gasteiger partial charge in [0.2, 0.25) is 5.88 Å². The van der Waals surface area contributed by atoms with E-state index in [1.807, 2.05) is 19.1 Å². The summed E-state index contributed by atoms with van der Waals surface area (Å²) in [5.74, 6) is 0.606. The molecule has 0 atom stereocenters. The van der Waals surface area contributed by atoms with Crippen LogP contribution in [0.25, 0.3) is 0 Å². The number of ether oxygens (including phenoxy) is 1. The second-order valence-corrected chi connectivity index (χ2v) is 3.41. The molecule has 2 heterocycles. The van der Waals surface area contributed by atoms with Crippen molar-refractivity contribution in [2.45, 2.75) is 6.92 Å². The smallest absolute Gasteiger partial charge is 0.241 e. The van der Waals surface area contributed by atoms with Crippen molar-refractivity contribution in [3.8, 4) is 5.88 Å². The zero-order valence-corrected chi connectivity index (χ0v) is 8.13. The summed E-state index contributed by atoms with van der Waals surface area (Å²) < 4.78 is 6.12. The average molecular weight is 227 g/mol. The summed E-state index contributed by atoms with van der Waals surface area (Å²) in [7, 11) is 0. The molecule has 0 fully saturated rings. The topological polar surface area (TPSA) is 34.5 Å². The highest BCUT2D eigenvalue weighted by molar-refractivity contribution is 9.10. The quantitative estimate of drug-likeness (QED) is 0.637. The van der Waals surface area contributed by atoms with Gasteiger partial charge in [-0.25, -0.2) is 9.98 Å². The van der Waals surface area contributed by atoms with Gasteiger partial charge in [-0.05, 0) is 35.0 Å². The monoisotopic (exact) mass is 226 g/mol. The average Bonchev–Trinajstić information content (AvgIpc) is 2.05. The second kappa shape index (κ2) is 2.86. The molecule has 1 aliphatic heterocycles. The fourth-order valence-electron chi connectivity index (χ4n) is 1.01. The zero-order chi connectivity index (χ0) is 8.55. The van der Waals surface area contributed by atoms with Crippen LogP contribution in [-0.4, -0.2) is 17.3 Å². The Bertz CT molecular complexity index is 349. The van der Waals surface area contributed by atoms with Crippen LogP contribution in [0.15, 0.2) is 21.7 Å². The summed E-state index contributed by atoms with van der Waals surface area (Å²) in [6.07, 6.45) is 0. The van der Waals surface area contributed by atoms with E-state index in [0.717, 1.165) is 16.0 Å². The lowest BCUT2D eigenvalue weighted by atomic mass is 10.3. The fourth-order valence-corrected chi connectivity index (χ4v) is 1.31. The molecule has 62 valence electrons. The largest absolute Gasteiger partial charge is 0.470 e. The number of aromatic nitrogens is 1. The predicted octanol–water partition coefficient (Wildman–Crippen LogP) is 2.33. The van der Waals surface area contributed by atoms with Gasteiger partial charge in [0.25, 0.3) is 0 Å². The Morgan fingerprint density at radius 1 is 1.50 bits per heavy atom. The predicted molar refractivity (Wildman–Crippen MR) is 50.2 cm³/mol. The van der Waals surface area contributed by atoms with E-state index in [2.05, 4.69) is 25.9 Å². The summed E-state index contributed by atoms with van der Waals surface area (Å²) in [6, 6.07) is 3.74. The van der Waals surface area contributed by atoms with Crippen LogP contribution in [0.5, 0.6) is 5.88 Å². The number of halogens is 1. The fraction of sp³-hybridized carbons (Fsp3) is 0.250. The Kier molecular flexibility index (Phi) is 1.84. The first-order valence-electron chi connectivity index (χ1n) is 3.59. The Morgan fingerprint density at radius 3 is 3.17 bits per heavy atom. The third kappa shape index (κ3) is 1.34. The van der Waals surface area contributed by atoms with Crippen LogP contribution in [-0.2, 0) is 0 Å². The van der Waals surface area contributed by atoms with Gasteiger partial charge in [-0.15, -0.1) is 0 Å². The first kappa shape index (κ1) is 7.73. The molecule has 3 nitrogen and oxygen atoms in total. The second-order valence-electron chi connectivity index (χ2n) is 2.59. The highest BCUT2D eigenvalue weighted by atomic mass is 79.9. The van der Waals surface area contributed by atoms with Gasteiger partial charge in [0, 0.05) is 0 Å². The van der Waals surface area contributed by atoms with E-state index in [-0.39, 0.29) is 0 Å². The third-order valence-corrected chi connectivity index (χ3v) is 1.98. The summed E-state index contributed by atoms with van der Waals surface area (Å²) in [5, 5.41) is 0. The van der Waals surface area contributed by atoms with Crippen molar-refractivity contribution in [1.82, 2.24) is 4.98 Å². The molecule has 0 radical (unpaired) electrons. The van der Waals surface area contributed by atoms with Gasteiger partial charge in [0.15, 0.2) is 0 Å². The standard InChI is InChI=1S/C8H7BrN2O/c1-5-4-12-8-6(10-5)2-3-7(9)11-8/h2-3H,4H2,1H3. The van der Waals surface area contributed by atoms with Crippen LogP contribution in [0.1, 0.15) is 6.92 Å². The molecule has 0 aliphatic carbocycles. The van der Waals surface area contributed by atoms with E-state index < -0.39 is 0 Å². The SMILES string of the molecule is CC1=Nc2ccc(Br)nc2OC1. The van der Waals surface area contributed by atoms with E-state index in [1.54, 1.807) is 0 Å². The van der Waals surface area contributed by atoms with Crippen molar-refractivity contribution in [2.24, 2.45) is 4.99 Å². The maximum atomic E-state index is 5.34. The van der Waals surface area contributed by atoms with Crippen molar-refractivity contribution in [3.05, 3.63) is 16.7 Å². The van der Waals surface area contributed by atoms with Crippen LogP contribution < -0.4 is 4.74 Å². The number of rotatable bonds is 0. The van der Waals surface area contributed by atoms with Crippen molar-refractivity contribution in [3.63, 3.8) is 0 Å². The zero-order valence-electron chi connectivity index (χ0n) is 6.54. The van der Waals surface area contributed by atoms with Gasteiger partial charge >= 0.3 is 0 Å². The van der Waals surface area contributed by atoms with Gasteiger partial charge in [-0.1, -0.05) is 0 Å². The molecule has 0 saturated carbocycles. The number of hydrogen-bond acceptors (Lipinski definition) is 3. The van der Waals surface area contributed by atoms with Crippen molar-refractivity contribution in [1.29, 1.82) is 0 Å². The van der Waals surface area contributed by atoms with Crippen LogP contribution in [0, 0.1) is 0 Å². The maximum absolute atomic E-state index is 5.34. The number of aliphatic imine (C=N–C) groups is 1. The van der Waals surface area contributed by atoms with E-state index in [1.165, 1.54) is 0 Å². The lowest BCUT2D eigenvalue weighted by Crippen LogP contribution is -2.12. The summed E-state index contributed by atoms with van der Waals surface area (Å²) >= 11 is 3.27. The number of hydrogen-bond donors (Lipinski definition) is 0. The lowest BCUT2D eigenvalue weighted by Gasteiger charge is -2.13. The first-order valence-corrected chi connectivity index (χ1v) is 4.38. The molecular formula is C8H7BrN2O. The van der Waals surface area contributed by atoms with Gasteiger partial charge < -0.3 is 4.74 Å². The molecule has 12 heavy (non-hydrogen) atoms. The number of fused-ring (bicyclic) bond motifs is 1. The lowest BCUT2D eigenvalue weighted by molar-refractivity contribution is 0.356. The van der Waals surface area contributed by atoms with E-state index in [9.17, 15) is 0 Å². The Hall–Kier alpha value is -0.900. The van der Waals surface area contributed by atoms with Gasteiger partial charge in [-0.3, -0.25) is 0 Å². The van der Waals surface area contributed by atoms with E-state index in [0.29, 0.717) is 12.5 Å². The summed E-state index contributed by atoms with van der Waals surface area (Å²) in [5.41, 5.74) is 1.79. The summed E-state index contributed by atoms with van der Waals surface area (Å²) in [4.78, 5) is 8.43. The molecule has 0 saturated heterocycles. The van der Waals surface area contributed by atoms with Gasteiger partial charge in [-0.2, -0.15) is 0 Å². The molecule has 0 N–H and O–H groups in total. The Labute approximate surface area is 78.6 Å². The van der Waals surface area contributed by atoms with Crippen LogP contribution in [0.4, 0.5) is 5.69 Å². The Balaban J connectivity index is 2.51. The Morgan fingerprint density at radius 2 is 2.33 bits per heavy atom. The normalized spacial score (nSPS) is 14.7. The molecule has 1 aromatic heterocycles. The highest BCUT2D eigenvalue weighted by Gasteiger charge is 2.11. The summed E-state index contributed by atoms with van der Waals surface area (Å²) in [6.45, 7) is 2.47. The molecule has 0 unspecified atom stereocenters.